The van der Waals surface area contributed by atoms with Crippen molar-refractivity contribution >= 4 is 17.5 Å². The van der Waals surface area contributed by atoms with Crippen molar-refractivity contribution in [2.45, 2.75) is 19.3 Å². The lowest BCUT2D eigenvalue weighted by molar-refractivity contribution is 0.571. The monoisotopic (exact) mass is 366 g/mol. The van der Waals surface area contributed by atoms with Crippen molar-refractivity contribution < 1.29 is 4.39 Å². The van der Waals surface area contributed by atoms with Crippen LogP contribution in [0.3, 0.4) is 0 Å². The van der Waals surface area contributed by atoms with E-state index >= 15 is 0 Å². The number of halogens is 1. The molecule has 0 atom stereocenters. The van der Waals surface area contributed by atoms with E-state index in [1.165, 1.54) is 31.4 Å². The Balaban J connectivity index is 1.44. The molecule has 7 heteroatoms. The zero-order valence-electron chi connectivity index (χ0n) is 15.3. The fourth-order valence-electron chi connectivity index (χ4n) is 3.81. The van der Waals surface area contributed by atoms with E-state index in [1.54, 1.807) is 6.07 Å². The second kappa shape index (κ2) is 7.78. The zero-order valence-corrected chi connectivity index (χ0v) is 15.3. The number of piperazine rings is 1. The highest BCUT2D eigenvalue weighted by Gasteiger charge is 2.22. The predicted molar refractivity (Wildman–Crippen MR) is 104 cm³/mol. The summed E-state index contributed by atoms with van der Waals surface area (Å²) in [5, 5.41) is 9.28. The summed E-state index contributed by atoms with van der Waals surface area (Å²) in [6.45, 7) is 5.16. The lowest BCUT2D eigenvalue weighted by atomic mass is 10.1. The molecule has 3 heterocycles. The average molecular weight is 366 g/mol. The first-order valence-electron chi connectivity index (χ1n) is 9.52. The van der Waals surface area contributed by atoms with Crippen molar-refractivity contribution in [2.75, 3.05) is 54.0 Å². The number of hydrogen-bond donors (Lipinski definition) is 0. The molecule has 0 N–H and O–H groups in total. The number of nitriles is 1. The molecule has 0 radical (unpaired) electrons. The average Bonchev–Trinajstić information content (AvgIpc) is 2.74. The Morgan fingerprint density at radius 3 is 2.37 bits per heavy atom. The minimum absolute atomic E-state index is 0.378. The molecule has 2 aliphatic heterocycles. The highest BCUT2D eigenvalue weighted by atomic mass is 19.1. The van der Waals surface area contributed by atoms with Gasteiger partial charge in [0.25, 0.3) is 0 Å². The van der Waals surface area contributed by atoms with E-state index < -0.39 is 0 Å². The maximum Gasteiger partial charge on any atom is 0.227 e. The van der Waals surface area contributed by atoms with Gasteiger partial charge in [0.2, 0.25) is 5.95 Å². The lowest BCUT2D eigenvalue weighted by Gasteiger charge is -2.37. The van der Waals surface area contributed by atoms with Crippen LogP contribution < -0.4 is 14.7 Å². The summed E-state index contributed by atoms with van der Waals surface area (Å²) in [4.78, 5) is 15.9. The Bertz CT molecular complexity index is 835. The van der Waals surface area contributed by atoms with Crippen LogP contribution in [-0.2, 0) is 0 Å². The molecular formula is C20H23FN6. The van der Waals surface area contributed by atoms with Gasteiger partial charge in [-0.05, 0) is 43.5 Å². The first kappa shape index (κ1) is 17.5. The first-order valence-corrected chi connectivity index (χ1v) is 9.52. The highest BCUT2D eigenvalue weighted by Crippen LogP contribution is 2.24. The predicted octanol–water partition coefficient (Wildman–Crippen LogP) is 2.80. The van der Waals surface area contributed by atoms with Gasteiger partial charge in [0.05, 0.1) is 11.3 Å². The van der Waals surface area contributed by atoms with E-state index in [4.69, 9.17) is 4.98 Å². The van der Waals surface area contributed by atoms with Crippen molar-refractivity contribution in [1.82, 2.24) is 9.97 Å². The number of nitrogens with zero attached hydrogens (tertiary/aromatic N) is 6. The van der Waals surface area contributed by atoms with E-state index in [-0.39, 0.29) is 5.82 Å². The second-order valence-corrected chi connectivity index (χ2v) is 7.01. The van der Waals surface area contributed by atoms with Gasteiger partial charge in [-0.2, -0.15) is 10.2 Å². The molecule has 6 nitrogen and oxygen atoms in total. The van der Waals surface area contributed by atoms with Gasteiger partial charge in [-0.3, -0.25) is 0 Å². The molecule has 0 unspecified atom stereocenters. The van der Waals surface area contributed by atoms with E-state index in [9.17, 15) is 9.65 Å². The number of aromatic nitrogens is 2. The standard InChI is InChI=1S/C20H23FN6/c21-17-4-5-18(16(14-17)15-22)25-10-12-27(13-11-25)20-23-7-6-19(24-20)26-8-2-1-3-9-26/h4-7,14H,1-3,8-13H2. The van der Waals surface area contributed by atoms with Crippen LogP contribution in [0.5, 0.6) is 0 Å². The van der Waals surface area contributed by atoms with Crippen LogP contribution in [0.25, 0.3) is 0 Å². The summed E-state index contributed by atoms with van der Waals surface area (Å²) in [6, 6.07) is 8.48. The maximum absolute atomic E-state index is 13.4. The summed E-state index contributed by atoms with van der Waals surface area (Å²) in [7, 11) is 0. The van der Waals surface area contributed by atoms with Crippen molar-refractivity contribution in [3.8, 4) is 6.07 Å². The SMILES string of the molecule is N#Cc1cc(F)ccc1N1CCN(c2nccc(N3CCCCC3)n2)CC1. The van der Waals surface area contributed by atoms with Crippen LogP contribution in [0.1, 0.15) is 24.8 Å². The van der Waals surface area contributed by atoms with Crippen molar-refractivity contribution in [3.05, 3.63) is 41.8 Å². The Morgan fingerprint density at radius 2 is 1.63 bits per heavy atom. The number of benzene rings is 1. The number of anilines is 3. The smallest absolute Gasteiger partial charge is 0.227 e. The molecule has 0 amide bonds. The van der Waals surface area contributed by atoms with Gasteiger partial charge in [-0.1, -0.05) is 0 Å². The largest absolute Gasteiger partial charge is 0.367 e. The van der Waals surface area contributed by atoms with Crippen LogP contribution in [0.15, 0.2) is 30.5 Å². The van der Waals surface area contributed by atoms with Crippen LogP contribution in [0.2, 0.25) is 0 Å². The Kier molecular flexibility index (Phi) is 5.05. The summed E-state index contributed by atoms with van der Waals surface area (Å²) < 4.78 is 13.4. The number of hydrogen-bond acceptors (Lipinski definition) is 6. The third-order valence-corrected chi connectivity index (χ3v) is 5.29. The van der Waals surface area contributed by atoms with Gasteiger partial charge in [-0.15, -0.1) is 0 Å². The van der Waals surface area contributed by atoms with Gasteiger partial charge in [-0.25, -0.2) is 9.37 Å². The minimum Gasteiger partial charge on any atom is -0.367 e. The second-order valence-electron chi connectivity index (χ2n) is 7.01. The molecule has 140 valence electrons. The van der Waals surface area contributed by atoms with E-state index in [1.807, 2.05) is 12.3 Å². The Hall–Kier alpha value is -2.88. The number of rotatable bonds is 3. The number of piperidine rings is 1. The van der Waals surface area contributed by atoms with Gasteiger partial charge < -0.3 is 14.7 Å². The lowest BCUT2D eigenvalue weighted by Crippen LogP contribution is -2.47. The summed E-state index contributed by atoms with van der Waals surface area (Å²) in [5.41, 5.74) is 1.17. The zero-order chi connectivity index (χ0) is 18.6. The summed E-state index contributed by atoms with van der Waals surface area (Å²) in [6.07, 6.45) is 5.57. The summed E-state index contributed by atoms with van der Waals surface area (Å²) >= 11 is 0. The van der Waals surface area contributed by atoms with Crippen LogP contribution >= 0.6 is 0 Å². The molecule has 0 bridgehead atoms. The maximum atomic E-state index is 13.4. The molecule has 0 saturated carbocycles. The first-order chi connectivity index (χ1) is 13.2. The van der Waals surface area contributed by atoms with E-state index in [0.717, 1.165) is 56.7 Å². The van der Waals surface area contributed by atoms with E-state index in [0.29, 0.717) is 5.56 Å². The quantitative estimate of drug-likeness (QED) is 0.833. The molecule has 0 aliphatic carbocycles. The van der Waals surface area contributed by atoms with Gasteiger partial charge in [0.1, 0.15) is 17.7 Å². The van der Waals surface area contributed by atoms with Crippen LogP contribution in [-0.4, -0.2) is 49.2 Å². The van der Waals surface area contributed by atoms with Crippen LogP contribution in [0.4, 0.5) is 21.8 Å². The third-order valence-electron chi connectivity index (χ3n) is 5.29. The molecule has 27 heavy (non-hydrogen) atoms. The van der Waals surface area contributed by atoms with Gasteiger partial charge in [0, 0.05) is 45.5 Å². The van der Waals surface area contributed by atoms with Crippen molar-refractivity contribution in [2.24, 2.45) is 0 Å². The third kappa shape index (κ3) is 3.80. The van der Waals surface area contributed by atoms with Gasteiger partial charge >= 0.3 is 0 Å². The molecule has 2 fully saturated rings. The topological polar surface area (TPSA) is 59.3 Å². The minimum atomic E-state index is -0.378. The Morgan fingerprint density at radius 1 is 0.889 bits per heavy atom. The molecule has 1 aromatic carbocycles. The molecular weight excluding hydrogens is 343 g/mol. The van der Waals surface area contributed by atoms with Crippen LogP contribution in [0, 0.1) is 17.1 Å². The normalized spacial score (nSPS) is 17.7. The fraction of sp³-hybridized carbons (Fsp3) is 0.450. The molecule has 2 saturated heterocycles. The molecule has 2 aliphatic rings. The highest BCUT2D eigenvalue weighted by molar-refractivity contribution is 5.60. The van der Waals surface area contributed by atoms with Crippen molar-refractivity contribution in [1.29, 1.82) is 5.26 Å². The van der Waals surface area contributed by atoms with E-state index in [2.05, 4.69) is 25.8 Å². The van der Waals surface area contributed by atoms with Gasteiger partial charge in [0.15, 0.2) is 0 Å². The Labute approximate surface area is 158 Å². The molecule has 0 spiro atoms. The molecule has 1 aromatic heterocycles. The summed E-state index contributed by atoms with van der Waals surface area (Å²) in [5.74, 6) is 1.39. The fourth-order valence-corrected chi connectivity index (χ4v) is 3.81. The molecule has 4 rings (SSSR count). The van der Waals surface area contributed by atoms with Crippen molar-refractivity contribution in [3.63, 3.8) is 0 Å². The molecule has 2 aromatic rings.